The molecule has 0 radical (unpaired) electrons. The summed E-state index contributed by atoms with van der Waals surface area (Å²) >= 11 is 0. The second-order valence-electron chi connectivity index (χ2n) is 1.84. The van der Waals surface area contributed by atoms with E-state index in [1.807, 2.05) is 0 Å². The summed E-state index contributed by atoms with van der Waals surface area (Å²) in [5.41, 5.74) is 0. The van der Waals surface area contributed by atoms with Gasteiger partial charge in [0.25, 0.3) is 0 Å². The predicted molar refractivity (Wildman–Crippen MR) is 34.0 cm³/mol. The van der Waals surface area contributed by atoms with Crippen LogP contribution in [0.2, 0.25) is 0 Å². The van der Waals surface area contributed by atoms with Crippen molar-refractivity contribution in [2.75, 3.05) is 13.1 Å². The van der Waals surface area contributed by atoms with Crippen LogP contribution in [0.3, 0.4) is 0 Å². The number of hydrogen-bond acceptors (Lipinski definition) is 2. The van der Waals surface area contributed by atoms with Crippen LogP contribution in [0.4, 0.5) is 4.79 Å². The molecular formula is C4H7BN2O2. The molecular weight excluding hydrogens is 119 g/mol. The number of hydrogen-bond donors (Lipinski definition) is 1. The number of urea groups is 1. The topological polar surface area (TPSA) is 49.4 Å². The van der Waals surface area contributed by atoms with E-state index < -0.39 is 0 Å². The van der Waals surface area contributed by atoms with Crippen LogP contribution in [0.5, 0.6) is 0 Å². The summed E-state index contributed by atoms with van der Waals surface area (Å²) < 4.78 is 0. The van der Waals surface area contributed by atoms with Crippen molar-refractivity contribution in [1.29, 1.82) is 0 Å². The summed E-state index contributed by atoms with van der Waals surface area (Å²) in [5.74, 6) is 0. The van der Waals surface area contributed by atoms with E-state index in [1.54, 1.807) is 0 Å². The normalized spacial score (nSPS) is 17.3. The average molecular weight is 126 g/mol. The second-order valence-corrected chi connectivity index (χ2v) is 1.84. The molecule has 0 aliphatic carbocycles. The highest BCUT2D eigenvalue weighted by Crippen LogP contribution is 1.90. The Hall–Kier alpha value is -0.995. The first-order chi connectivity index (χ1) is 4.34. The summed E-state index contributed by atoms with van der Waals surface area (Å²) in [6, 6.07) is -0.137. The van der Waals surface area contributed by atoms with Gasteiger partial charge in [0.1, 0.15) is 6.19 Å². The fourth-order valence-corrected chi connectivity index (χ4v) is 0.775. The number of nitrogens with zero attached hydrogens (tertiary/aromatic N) is 1. The van der Waals surface area contributed by atoms with E-state index >= 15 is 0 Å². The van der Waals surface area contributed by atoms with Crippen LogP contribution in [0.1, 0.15) is 0 Å². The van der Waals surface area contributed by atoms with Gasteiger partial charge in [0.2, 0.25) is 0 Å². The second kappa shape index (κ2) is 2.52. The summed E-state index contributed by atoms with van der Waals surface area (Å²) in [5, 5.41) is 2.58. The highest BCUT2D eigenvalue weighted by atomic mass is 16.2. The zero-order valence-electron chi connectivity index (χ0n) is 4.96. The smallest absolute Gasteiger partial charge is 0.315 e. The minimum absolute atomic E-state index is 0.137. The van der Waals surface area contributed by atoms with Crippen LogP contribution in [-0.4, -0.2) is 37.5 Å². The van der Waals surface area contributed by atoms with E-state index in [-0.39, 0.29) is 13.4 Å². The molecule has 9 heavy (non-hydrogen) atoms. The Kier molecular flexibility index (Phi) is 1.72. The van der Waals surface area contributed by atoms with Gasteiger partial charge in [-0.15, -0.1) is 0 Å². The standard InChI is InChI=1S/C4H7BN2O2/c8-3-5-7-2-1-6-4(7)9/h3,5H,1-2H2,(H,6,9). The third-order valence-electron chi connectivity index (χ3n) is 1.24. The van der Waals surface area contributed by atoms with Gasteiger partial charge < -0.3 is 14.9 Å². The van der Waals surface area contributed by atoms with Crippen molar-refractivity contribution >= 4 is 19.6 Å². The molecule has 0 aromatic carbocycles. The number of carbonyl (C=O) groups excluding carboxylic acids is 2. The van der Waals surface area contributed by atoms with Crippen molar-refractivity contribution in [2.45, 2.75) is 0 Å². The molecule has 0 spiro atoms. The Morgan fingerprint density at radius 2 is 2.56 bits per heavy atom. The van der Waals surface area contributed by atoms with Gasteiger partial charge >= 0.3 is 13.4 Å². The third-order valence-corrected chi connectivity index (χ3v) is 1.24. The summed E-state index contributed by atoms with van der Waals surface area (Å²) in [4.78, 5) is 22.0. The van der Waals surface area contributed by atoms with E-state index in [2.05, 4.69) is 5.32 Å². The first kappa shape index (κ1) is 6.13. The van der Waals surface area contributed by atoms with Gasteiger partial charge in [-0.1, -0.05) is 0 Å². The van der Waals surface area contributed by atoms with Gasteiger partial charge in [0.05, 0.1) is 0 Å². The van der Waals surface area contributed by atoms with Crippen molar-refractivity contribution in [3.05, 3.63) is 0 Å². The van der Waals surface area contributed by atoms with E-state index in [0.29, 0.717) is 13.1 Å². The monoisotopic (exact) mass is 126 g/mol. The van der Waals surface area contributed by atoms with Gasteiger partial charge in [0.15, 0.2) is 0 Å². The molecule has 0 bridgehead atoms. The Morgan fingerprint density at radius 3 is 3.00 bits per heavy atom. The molecule has 1 saturated heterocycles. The van der Waals surface area contributed by atoms with Crippen LogP contribution >= 0.6 is 0 Å². The quantitative estimate of drug-likeness (QED) is 0.363. The van der Waals surface area contributed by atoms with Crippen molar-refractivity contribution in [2.24, 2.45) is 0 Å². The molecule has 1 aliphatic heterocycles. The Morgan fingerprint density at radius 1 is 1.78 bits per heavy atom. The van der Waals surface area contributed by atoms with Crippen molar-refractivity contribution in [3.63, 3.8) is 0 Å². The maximum Gasteiger partial charge on any atom is 0.315 e. The van der Waals surface area contributed by atoms with Gasteiger partial charge in [-0.25, -0.2) is 0 Å². The summed E-state index contributed by atoms with van der Waals surface area (Å²) in [6.07, 6.45) is 0.727. The van der Waals surface area contributed by atoms with Crippen LogP contribution in [-0.2, 0) is 4.79 Å². The Bertz CT molecular complexity index is 139. The van der Waals surface area contributed by atoms with Crippen LogP contribution in [0, 0.1) is 0 Å². The average Bonchev–Trinajstić information content (AvgIpc) is 2.18. The SMILES string of the molecule is O=CBN1CCNC1=O. The third kappa shape index (κ3) is 1.22. The largest absolute Gasteiger partial charge is 0.363 e. The predicted octanol–water partition coefficient (Wildman–Crippen LogP) is -1.45. The molecule has 2 amide bonds. The zero-order valence-corrected chi connectivity index (χ0v) is 4.96. The number of amides is 2. The Labute approximate surface area is 53.5 Å². The lowest BCUT2D eigenvalue weighted by atomic mass is 9.96. The van der Waals surface area contributed by atoms with Crippen molar-refractivity contribution in [3.8, 4) is 0 Å². The minimum Gasteiger partial charge on any atom is -0.363 e. The molecule has 0 aromatic rings. The van der Waals surface area contributed by atoms with Gasteiger partial charge in [-0.05, 0) is 0 Å². The summed E-state index contributed by atoms with van der Waals surface area (Å²) in [6.45, 7) is 1.31. The van der Waals surface area contributed by atoms with Gasteiger partial charge in [-0.2, -0.15) is 0 Å². The molecule has 1 N–H and O–H groups in total. The molecule has 1 rings (SSSR count). The van der Waals surface area contributed by atoms with Crippen molar-refractivity contribution < 1.29 is 9.59 Å². The van der Waals surface area contributed by atoms with Crippen LogP contribution in [0.25, 0.3) is 0 Å². The molecule has 1 fully saturated rings. The fourth-order valence-electron chi connectivity index (χ4n) is 0.775. The number of rotatable bonds is 2. The lowest BCUT2D eigenvalue weighted by Crippen LogP contribution is -2.32. The first-order valence-corrected chi connectivity index (χ1v) is 2.81. The number of carbonyl (C=O) groups is 2. The van der Waals surface area contributed by atoms with E-state index in [1.165, 1.54) is 4.81 Å². The first-order valence-electron chi connectivity index (χ1n) is 2.81. The molecule has 0 saturated carbocycles. The van der Waals surface area contributed by atoms with E-state index in [4.69, 9.17) is 0 Å². The molecule has 4 nitrogen and oxygen atoms in total. The molecule has 0 unspecified atom stereocenters. The lowest BCUT2D eigenvalue weighted by molar-refractivity contribution is 0.236. The van der Waals surface area contributed by atoms with E-state index in [9.17, 15) is 9.59 Å². The molecule has 1 heterocycles. The Balaban J connectivity index is 2.39. The van der Waals surface area contributed by atoms with Crippen LogP contribution < -0.4 is 5.32 Å². The highest BCUT2D eigenvalue weighted by molar-refractivity contribution is 6.66. The number of nitrogens with one attached hydrogen (secondary N) is 1. The summed E-state index contributed by atoms with van der Waals surface area (Å²) in [7, 11) is 0.214. The molecule has 5 heteroatoms. The molecule has 0 atom stereocenters. The maximum atomic E-state index is 10.6. The van der Waals surface area contributed by atoms with E-state index in [0.717, 1.165) is 6.19 Å². The molecule has 48 valence electrons. The lowest BCUT2D eigenvalue weighted by Gasteiger charge is -2.06. The molecule has 0 aromatic heterocycles. The van der Waals surface area contributed by atoms with Crippen molar-refractivity contribution in [1.82, 2.24) is 10.1 Å². The van der Waals surface area contributed by atoms with Crippen LogP contribution in [0.15, 0.2) is 0 Å². The highest BCUT2D eigenvalue weighted by Gasteiger charge is 2.18. The maximum absolute atomic E-state index is 10.6. The van der Waals surface area contributed by atoms with Gasteiger partial charge in [0, 0.05) is 13.1 Å². The minimum atomic E-state index is -0.137. The van der Waals surface area contributed by atoms with Gasteiger partial charge in [-0.3, -0.25) is 4.79 Å². The fraction of sp³-hybridized carbons (Fsp3) is 0.500. The zero-order chi connectivity index (χ0) is 6.69. The molecule has 1 aliphatic rings.